The molecule has 0 unspecified atom stereocenters. The minimum absolute atomic E-state index is 0.0968. The van der Waals surface area contributed by atoms with Crippen LogP contribution >= 0.6 is 23.3 Å². The number of amides is 2. The first-order valence-corrected chi connectivity index (χ1v) is 8.69. The van der Waals surface area contributed by atoms with Crippen molar-refractivity contribution >= 4 is 34.5 Å². The molecule has 2 heterocycles. The Balaban J connectivity index is 1.73. The molecule has 0 saturated heterocycles. The molecule has 1 aliphatic carbocycles. The van der Waals surface area contributed by atoms with E-state index in [9.17, 15) is 4.79 Å². The van der Waals surface area contributed by atoms with E-state index in [1.165, 1.54) is 23.3 Å². The zero-order valence-corrected chi connectivity index (χ0v) is 13.4. The fraction of sp³-hybridized carbons (Fsp3) is 0.462. The van der Waals surface area contributed by atoms with E-state index in [1.807, 2.05) is 30.2 Å². The predicted octanol–water partition coefficient (Wildman–Crippen LogP) is 3.61. The lowest BCUT2D eigenvalue weighted by Crippen LogP contribution is -2.38. The van der Waals surface area contributed by atoms with Gasteiger partial charge in [-0.15, -0.1) is 0 Å². The van der Waals surface area contributed by atoms with Crippen molar-refractivity contribution in [3.8, 4) is 0 Å². The van der Waals surface area contributed by atoms with Crippen LogP contribution in [0.15, 0.2) is 28.0 Å². The predicted molar refractivity (Wildman–Crippen MR) is 82.7 cm³/mol. The fourth-order valence-corrected chi connectivity index (χ4v) is 3.29. The second-order valence-electron chi connectivity index (χ2n) is 4.85. The third-order valence-corrected chi connectivity index (χ3v) is 4.64. The molecule has 112 valence electrons. The Hall–Kier alpha value is -1.54. The summed E-state index contributed by atoms with van der Waals surface area (Å²) in [5.74, 6) is 0.791. The number of rotatable bonds is 5. The van der Waals surface area contributed by atoms with Crippen LogP contribution in [0.3, 0.4) is 0 Å². The molecule has 0 bridgehead atoms. The Morgan fingerprint density at radius 1 is 1.62 bits per heavy atom. The number of anilines is 1. The van der Waals surface area contributed by atoms with Crippen LogP contribution in [-0.4, -0.2) is 32.6 Å². The molecule has 0 spiro atoms. The van der Waals surface area contributed by atoms with Crippen molar-refractivity contribution in [3.05, 3.63) is 24.2 Å². The molecule has 2 aromatic heterocycles. The quantitative estimate of drug-likeness (QED) is 0.851. The van der Waals surface area contributed by atoms with Crippen LogP contribution in [0.5, 0.6) is 0 Å². The Morgan fingerprint density at radius 2 is 2.43 bits per heavy atom. The third-order valence-electron chi connectivity index (χ3n) is 3.35. The molecule has 3 rings (SSSR count). The standard InChI is InChI=1S/C13H16N4O2S2/c1-8(10-4-3-7-19-10)17(9-5-6-9)13(18)15-11-14-12(20-2)16-21-11/h3-4,7-9H,5-6H2,1-2H3,(H,14,15,16,18)/t8-/m1/s1. The molecule has 2 aromatic rings. The molecule has 8 heteroatoms. The van der Waals surface area contributed by atoms with Gasteiger partial charge in [0.1, 0.15) is 5.76 Å². The topological polar surface area (TPSA) is 71.3 Å². The Labute approximate surface area is 131 Å². The summed E-state index contributed by atoms with van der Waals surface area (Å²) in [6, 6.07) is 3.76. The Kier molecular flexibility index (Phi) is 4.16. The van der Waals surface area contributed by atoms with Crippen molar-refractivity contribution in [3.63, 3.8) is 0 Å². The van der Waals surface area contributed by atoms with E-state index in [0.29, 0.717) is 10.3 Å². The number of carbonyl (C=O) groups excluding carboxylic acids is 1. The molecule has 6 nitrogen and oxygen atoms in total. The maximum Gasteiger partial charge on any atom is 0.324 e. The van der Waals surface area contributed by atoms with Crippen LogP contribution < -0.4 is 5.32 Å². The monoisotopic (exact) mass is 324 g/mol. The molecule has 21 heavy (non-hydrogen) atoms. The summed E-state index contributed by atoms with van der Waals surface area (Å²) in [5.41, 5.74) is 0. The highest BCUT2D eigenvalue weighted by atomic mass is 32.2. The average molecular weight is 324 g/mol. The normalized spacial score (nSPS) is 15.7. The van der Waals surface area contributed by atoms with Crippen LogP contribution in [0.1, 0.15) is 31.6 Å². The molecule has 0 radical (unpaired) electrons. The molecule has 1 aliphatic rings. The summed E-state index contributed by atoms with van der Waals surface area (Å²) < 4.78 is 9.57. The summed E-state index contributed by atoms with van der Waals surface area (Å²) in [6.07, 6.45) is 5.60. The first-order valence-electron chi connectivity index (χ1n) is 6.69. The van der Waals surface area contributed by atoms with Gasteiger partial charge >= 0.3 is 6.03 Å². The van der Waals surface area contributed by atoms with Crippen LogP contribution in [0.2, 0.25) is 0 Å². The maximum atomic E-state index is 12.5. The number of urea groups is 1. The Morgan fingerprint density at radius 3 is 3.00 bits per heavy atom. The minimum atomic E-state index is -0.148. The van der Waals surface area contributed by atoms with Gasteiger partial charge in [0.05, 0.1) is 12.3 Å². The van der Waals surface area contributed by atoms with Gasteiger partial charge in [-0.05, 0) is 38.2 Å². The van der Waals surface area contributed by atoms with Crippen molar-refractivity contribution in [2.75, 3.05) is 11.6 Å². The molecule has 1 atom stereocenters. The SMILES string of the molecule is CSc1nsc(NC(=O)N(C2CC2)[C@H](C)c2ccco2)n1. The van der Waals surface area contributed by atoms with Crippen molar-refractivity contribution in [1.82, 2.24) is 14.3 Å². The lowest BCUT2D eigenvalue weighted by Gasteiger charge is -2.27. The summed E-state index contributed by atoms with van der Waals surface area (Å²) in [4.78, 5) is 18.6. The van der Waals surface area contributed by atoms with E-state index in [4.69, 9.17) is 4.42 Å². The lowest BCUT2D eigenvalue weighted by molar-refractivity contribution is 0.179. The molecule has 1 fully saturated rings. The zero-order chi connectivity index (χ0) is 14.8. The van der Waals surface area contributed by atoms with E-state index in [-0.39, 0.29) is 18.1 Å². The van der Waals surface area contributed by atoms with Gasteiger partial charge in [0, 0.05) is 17.6 Å². The number of nitrogens with one attached hydrogen (secondary N) is 1. The molecular weight excluding hydrogens is 308 g/mol. The largest absolute Gasteiger partial charge is 0.467 e. The maximum absolute atomic E-state index is 12.5. The number of nitrogens with zero attached hydrogens (tertiary/aromatic N) is 3. The fourth-order valence-electron chi connectivity index (χ4n) is 2.18. The van der Waals surface area contributed by atoms with Crippen molar-refractivity contribution < 1.29 is 9.21 Å². The second-order valence-corrected chi connectivity index (χ2v) is 6.37. The highest BCUT2D eigenvalue weighted by Gasteiger charge is 2.37. The van der Waals surface area contributed by atoms with Crippen molar-refractivity contribution in [2.45, 2.75) is 37.0 Å². The zero-order valence-electron chi connectivity index (χ0n) is 11.8. The Bertz CT molecular complexity index is 609. The van der Waals surface area contributed by atoms with E-state index in [2.05, 4.69) is 14.7 Å². The van der Waals surface area contributed by atoms with Crippen molar-refractivity contribution in [1.29, 1.82) is 0 Å². The van der Waals surface area contributed by atoms with E-state index >= 15 is 0 Å². The first kappa shape index (κ1) is 14.4. The number of carbonyl (C=O) groups is 1. The van der Waals surface area contributed by atoms with Crippen LogP contribution in [0.4, 0.5) is 9.93 Å². The molecule has 1 N–H and O–H groups in total. The van der Waals surface area contributed by atoms with Crippen LogP contribution in [0, 0.1) is 0 Å². The van der Waals surface area contributed by atoms with Gasteiger partial charge in [-0.2, -0.15) is 9.36 Å². The van der Waals surface area contributed by atoms with Gasteiger partial charge < -0.3 is 9.32 Å². The lowest BCUT2D eigenvalue weighted by atomic mass is 10.2. The number of furan rings is 1. The summed E-state index contributed by atoms with van der Waals surface area (Å²) >= 11 is 2.65. The van der Waals surface area contributed by atoms with Gasteiger partial charge in [0.15, 0.2) is 0 Å². The van der Waals surface area contributed by atoms with Crippen molar-refractivity contribution in [2.24, 2.45) is 0 Å². The van der Waals surface area contributed by atoms with E-state index < -0.39 is 0 Å². The second kappa shape index (κ2) is 6.07. The number of hydrogen-bond donors (Lipinski definition) is 1. The minimum Gasteiger partial charge on any atom is -0.467 e. The highest BCUT2D eigenvalue weighted by Crippen LogP contribution is 2.35. The van der Waals surface area contributed by atoms with Crippen LogP contribution in [0.25, 0.3) is 0 Å². The van der Waals surface area contributed by atoms with Gasteiger partial charge in [-0.3, -0.25) is 5.32 Å². The molecule has 2 amide bonds. The van der Waals surface area contributed by atoms with E-state index in [1.54, 1.807) is 6.26 Å². The highest BCUT2D eigenvalue weighted by molar-refractivity contribution is 7.98. The average Bonchev–Trinajstić information content (AvgIpc) is 2.99. The van der Waals surface area contributed by atoms with Gasteiger partial charge in [0.2, 0.25) is 10.3 Å². The summed E-state index contributed by atoms with van der Waals surface area (Å²) in [7, 11) is 0. The van der Waals surface area contributed by atoms with Gasteiger partial charge in [-0.25, -0.2) is 4.79 Å². The molecule has 0 aliphatic heterocycles. The number of hydrogen-bond acceptors (Lipinski definition) is 6. The number of aromatic nitrogens is 2. The van der Waals surface area contributed by atoms with Gasteiger partial charge in [-0.1, -0.05) is 11.8 Å². The first-order chi connectivity index (χ1) is 10.2. The molecular formula is C13H16N4O2S2. The summed E-state index contributed by atoms with van der Waals surface area (Å²) in [6.45, 7) is 1.98. The van der Waals surface area contributed by atoms with E-state index in [0.717, 1.165) is 18.6 Å². The molecule has 0 aromatic carbocycles. The molecule has 1 saturated carbocycles. The smallest absolute Gasteiger partial charge is 0.324 e. The third kappa shape index (κ3) is 3.21. The van der Waals surface area contributed by atoms with Crippen LogP contribution in [-0.2, 0) is 0 Å². The summed E-state index contributed by atoms with van der Waals surface area (Å²) in [5, 5.41) is 4.04. The number of thioether (sulfide) groups is 1. The van der Waals surface area contributed by atoms with Gasteiger partial charge in [0.25, 0.3) is 0 Å².